The quantitative estimate of drug-likeness (QED) is 0.605. The molecular weight excluding hydrogens is 249 g/mol. The van der Waals surface area contributed by atoms with Gasteiger partial charge < -0.3 is 4.90 Å². The van der Waals surface area contributed by atoms with Crippen LogP contribution in [0.3, 0.4) is 0 Å². The Hall–Kier alpha value is -2.16. The number of nitro groups is 1. The van der Waals surface area contributed by atoms with E-state index in [2.05, 4.69) is 0 Å². The number of nitrogens with zero attached hydrogens (tertiary/aromatic N) is 3. The molecule has 0 aromatic heterocycles. The third-order valence-electron chi connectivity index (χ3n) is 2.85. The molecule has 0 spiro atoms. The second-order valence-corrected chi connectivity index (χ2v) is 4.54. The summed E-state index contributed by atoms with van der Waals surface area (Å²) in [5, 5.41) is 19.7. The Morgan fingerprint density at radius 2 is 2.16 bits per heavy atom. The van der Waals surface area contributed by atoms with Crippen molar-refractivity contribution in [2.45, 2.75) is 33.2 Å². The van der Waals surface area contributed by atoms with Crippen LogP contribution in [0.4, 0.5) is 15.8 Å². The number of nitro benzene ring substituents is 1. The molecule has 5 nitrogen and oxygen atoms in total. The summed E-state index contributed by atoms with van der Waals surface area (Å²) in [4.78, 5) is 12.2. The summed E-state index contributed by atoms with van der Waals surface area (Å²) in [6.07, 6.45) is 0.256. The molecule has 0 saturated carbocycles. The van der Waals surface area contributed by atoms with E-state index in [9.17, 15) is 14.5 Å². The van der Waals surface area contributed by atoms with Gasteiger partial charge in [-0.25, -0.2) is 4.39 Å². The molecule has 1 aromatic rings. The van der Waals surface area contributed by atoms with Gasteiger partial charge in [0.25, 0.3) is 5.69 Å². The molecule has 0 radical (unpaired) electrons. The van der Waals surface area contributed by atoms with Gasteiger partial charge in [-0.2, -0.15) is 5.26 Å². The minimum absolute atomic E-state index is 0.0167. The maximum absolute atomic E-state index is 13.5. The first-order valence-corrected chi connectivity index (χ1v) is 5.96. The molecule has 0 bridgehead atoms. The van der Waals surface area contributed by atoms with Crippen molar-refractivity contribution in [2.75, 3.05) is 11.4 Å². The summed E-state index contributed by atoms with van der Waals surface area (Å²) in [6, 6.07) is 4.40. The first kappa shape index (κ1) is 14.9. The van der Waals surface area contributed by atoms with Gasteiger partial charge in [0.2, 0.25) is 0 Å². The molecule has 0 aliphatic heterocycles. The van der Waals surface area contributed by atoms with Gasteiger partial charge in [-0.05, 0) is 32.4 Å². The number of nitriles is 1. The fraction of sp³-hybridized carbons (Fsp3) is 0.462. The summed E-state index contributed by atoms with van der Waals surface area (Å²) in [7, 11) is 0. The number of aryl methyl sites for hydroxylation is 1. The van der Waals surface area contributed by atoms with Gasteiger partial charge in [0, 0.05) is 12.6 Å². The van der Waals surface area contributed by atoms with Crippen molar-refractivity contribution in [3.8, 4) is 6.07 Å². The highest BCUT2D eigenvalue weighted by Gasteiger charge is 2.23. The molecule has 0 fully saturated rings. The fourth-order valence-corrected chi connectivity index (χ4v) is 1.86. The molecule has 0 heterocycles. The van der Waals surface area contributed by atoms with Crippen molar-refractivity contribution in [2.24, 2.45) is 0 Å². The van der Waals surface area contributed by atoms with Crippen LogP contribution in [0.1, 0.15) is 25.8 Å². The maximum Gasteiger partial charge on any atom is 0.295 e. The highest BCUT2D eigenvalue weighted by atomic mass is 19.1. The van der Waals surface area contributed by atoms with E-state index in [1.807, 2.05) is 19.9 Å². The molecule has 0 saturated heterocycles. The maximum atomic E-state index is 13.5. The number of benzene rings is 1. The summed E-state index contributed by atoms with van der Waals surface area (Å²) in [5.41, 5.74) is 0.437. The molecule has 0 atom stereocenters. The molecule has 1 aromatic carbocycles. The van der Waals surface area contributed by atoms with Gasteiger partial charge >= 0.3 is 0 Å². The number of hydrogen-bond acceptors (Lipinski definition) is 4. The van der Waals surface area contributed by atoms with Crippen LogP contribution < -0.4 is 4.90 Å². The second kappa shape index (κ2) is 6.14. The summed E-state index contributed by atoms with van der Waals surface area (Å²) in [5.74, 6) is -0.598. The van der Waals surface area contributed by atoms with E-state index in [0.717, 1.165) is 6.07 Å². The predicted octanol–water partition coefficient (Wildman–Crippen LogP) is 3.17. The minimum atomic E-state index is -0.598. The smallest absolute Gasteiger partial charge is 0.295 e. The third kappa shape index (κ3) is 3.41. The van der Waals surface area contributed by atoms with Crippen molar-refractivity contribution >= 4 is 11.4 Å². The average molecular weight is 265 g/mol. The van der Waals surface area contributed by atoms with E-state index in [4.69, 9.17) is 5.26 Å². The van der Waals surface area contributed by atoms with E-state index in [0.29, 0.717) is 17.8 Å². The van der Waals surface area contributed by atoms with Gasteiger partial charge in [0.05, 0.1) is 23.5 Å². The van der Waals surface area contributed by atoms with E-state index in [1.54, 1.807) is 11.8 Å². The lowest BCUT2D eigenvalue weighted by Gasteiger charge is -2.28. The van der Waals surface area contributed by atoms with Crippen LogP contribution in [-0.4, -0.2) is 17.5 Å². The largest absolute Gasteiger partial charge is 0.363 e. The van der Waals surface area contributed by atoms with Crippen LogP contribution in [-0.2, 0) is 0 Å². The van der Waals surface area contributed by atoms with Crippen molar-refractivity contribution in [1.29, 1.82) is 5.26 Å². The molecule has 0 N–H and O–H groups in total. The Morgan fingerprint density at radius 1 is 1.53 bits per heavy atom. The summed E-state index contributed by atoms with van der Waals surface area (Å²) in [6.45, 7) is 5.69. The second-order valence-electron chi connectivity index (χ2n) is 4.54. The minimum Gasteiger partial charge on any atom is -0.363 e. The van der Waals surface area contributed by atoms with Crippen molar-refractivity contribution in [3.63, 3.8) is 0 Å². The zero-order valence-electron chi connectivity index (χ0n) is 11.2. The zero-order valence-corrected chi connectivity index (χ0v) is 11.2. The molecule has 102 valence electrons. The normalized spacial score (nSPS) is 10.3. The molecule has 0 unspecified atom stereocenters. The fourth-order valence-electron chi connectivity index (χ4n) is 1.86. The molecule has 1 rings (SSSR count). The lowest BCUT2D eigenvalue weighted by atomic mass is 10.1. The Balaban J connectivity index is 3.32. The SMILES string of the molecule is Cc1cc(N(CCC#N)C(C)C)c([N+](=O)[O-])cc1F. The molecule has 0 aliphatic rings. The molecular formula is C13H16FN3O2. The number of rotatable bonds is 5. The highest BCUT2D eigenvalue weighted by molar-refractivity contribution is 5.65. The van der Waals surface area contributed by atoms with Crippen molar-refractivity contribution in [3.05, 3.63) is 33.6 Å². The lowest BCUT2D eigenvalue weighted by Crippen LogP contribution is -2.32. The Bertz CT molecular complexity index is 523. The van der Waals surface area contributed by atoms with E-state index >= 15 is 0 Å². The zero-order chi connectivity index (χ0) is 14.6. The standard InChI is InChI=1S/C13H16FN3O2/c1-9(2)16(6-4-5-15)12-7-10(3)11(14)8-13(12)17(18)19/h7-9H,4,6H2,1-3H3. The van der Waals surface area contributed by atoms with Crippen LogP contribution >= 0.6 is 0 Å². The van der Waals surface area contributed by atoms with Gasteiger partial charge in [0.15, 0.2) is 0 Å². The molecule has 19 heavy (non-hydrogen) atoms. The van der Waals surface area contributed by atoms with Crippen LogP contribution in [0.5, 0.6) is 0 Å². The number of halogens is 1. The lowest BCUT2D eigenvalue weighted by molar-refractivity contribution is -0.384. The number of anilines is 1. The van der Waals surface area contributed by atoms with Crippen LogP contribution in [0.2, 0.25) is 0 Å². The van der Waals surface area contributed by atoms with E-state index in [1.165, 1.54) is 6.07 Å². The summed E-state index contributed by atoms with van der Waals surface area (Å²) < 4.78 is 13.5. The van der Waals surface area contributed by atoms with Crippen molar-refractivity contribution in [1.82, 2.24) is 0 Å². The number of hydrogen-bond donors (Lipinski definition) is 0. The monoisotopic (exact) mass is 265 g/mol. The van der Waals surface area contributed by atoms with Gasteiger partial charge in [-0.3, -0.25) is 10.1 Å². The Kier molecular flexibility index (Phi) is 4.81. The third-order valence-corrected chi connectivity index (χ3v) is 2.85. The van der Waals surface area contributed by atoms with Crippen LogP contribution in [0.15, 0.2) is 12.1 Å². The highest BCUT2D eigenvalue weighted by Crippen LogP contribution is 2.32. The molecule has 6 heteroatoms. The Labute approximate surface area is 111 Å². The van der Waals surface area contributed by atoms with Gasteiger partial charge in [-0.1, -0.05) is 0 Å². The predicted molar refractivity (Wildman–Crippen MR) is 70.5 cm³/mol. The summed E-state index contributed by atoms with van der Waals surface area (Å²) >= 11 is 0. The van der Waals surface area contributed by atoms with E-state index < -0.39 is 10.7 Å². The van der Waals surface area contributed by atoms with E-state index in [-0.39, 0.29) is 18.2 Å². The topological polar surface area (TPSA) is 70.2 Å². The Morgan fingerprint density at radius 3 is 2.63 bits per heavy atom. The molecule has 0 aliphatic carbocycles. The van der Waals surface area contributed by atoms with Crippen LogP contribution in [0, 0.1) is 34.2 Å². The first-order valence-electron chi connectivity index (χ1n) is 5.96. The van der Waals surface area contributed by atoms with Gasteiger partial charge in [-0.15, -0.1) is 0 Å². The average Bonchev–Trinajstić information content (AvgIpc) is 2.32. The van der Waals surface area contributed by atoms with Crippen LogP contribution in [0.25, 0.3) is 0 Å². The first-order chi connectivity index (χ1) is 8.88. The van der Waals surface area contributed by atoms with Gasteiger partial charge in [0.1, 0.15) is 11.5 Å². The molecule has 0 amide bonds. The van der Waals surface area contributed by atoms with Crippen molar-refractivity contribution < 1.29 is 9.31 Å².